The highest BCUT2D eigenvalue weighted by molar-refractivity contribution is 5.80. The molecule has 0 fully saturated rings. The van der Waals surface area contributed by atoms with Crippen LogP contribution >= 0.6 is 0 Å². The van der Waals surface area contributed by atoms with E-state index in [1.807, 2.05) is 18.3 Å². The number of rotatable bonds is 6. The van der Waals surface area contributed by atoms with Crippen LogP contribution in [-0.2, 0) is 19.5 Å². The van der Waals surface area contributed by atoms with Crippen molar-refractivity contribution in [2.75, 3.05) is 6.54 Å². The maximum atomic E-state index is 4.38. The Balaban J connectivity index is 1.74. The smallest absolute Gasteiger partial charge is 0.0480 e. The summed E-state index contributed by atoms with van der Waals surface area (Å²) >= 11 is 0. The largest absolute Gasteiger partial charge is 0.347 e. The van der Waals surface area contributed by atoms with Crippen LogP contribution in [-0.4, -0.2) is 16.1 Å². The predicted molar refractivity (Wildman–Crippen MR) is 87.3 cm³/mol. The zero-order valence-corrected chi connectivity index (χ0v) is 12.4. The van der Waals surface area contributed by atoms with E-state index in [9.17, 15) is 0 Å². The van der Waals surface area contributed by atoms with Crippen LogP contribution in [0.15, 0.2) is 54.9 Å². The first-order valence-corrected chi connectivity index (χ1v) is 7.55. The summed E-state index contributed by atoms with van der Waals surface area (Å²) in [5, 5.41) is 4.68. The number of benzene rings is 1. The fourth-order valence-electron chi connectivity index (χ4n) is 2.60. The van der Waals surface area contributed by atoms with Crippen molar-refractivity contribution in [3.63, 3.8) is 0 Å². The Morgan fingerprint density at radius 3 is 2.90 bits per heavy atom. The third-order valence-electron chi connectivity index (χ3n) is 3.75. The van der Waals surface area contributed by atoms with E-state index < -0.39 is 0 Å². The molecule has 0 aliphatic heterocycles. The molecule has 0 unspecified atom stereocenters. The molecule has 0 saturated heterocycles. The van der Waals surface area contributed by atoms with Gasteiger partial charge in [0.05, 0.1) is 0 Å². The van der Waals surface area contributed by atoms with Gasteiger partial charge in [0.1, 0.15) is 0 Å². The molecule has 21 heavy (non-hydrogen) atoms. The van der Waals surface area contributed by atoms with Gasteiger partial charge in [0.25, 0.3) is 0 Å². The summed E-state index contributed by atoms with van der Waals surface area (Å²) in [6.45, 7) is 5.04. The molecule has 1 N–H and O–H groups in total. The molecular formula is C18H21N3. The van der Waals surface area contributed by atoms with Crippen molar-refractivity contribution >= 4 is 10.9 Å². The molecule has 0 amide bonds. The molecular weight excluding hydrogens is 258 g/mol. The molecule has 3 heteroatoms. The summed E-state index contributed by atoms with van der Waals surface area (Å²) in [6, 6.07) is 15.0. The number of hydrogen-bond acceptors (Lipinski definition) is 2. The van der Waals surface area contributed by atoms with E-state index in [0.29, 0.717) is 0 Å². The van der Waals surface area contributed by atoms with Crippen molar-refractivity contribution in [2.45, 2.75) is 26.4 Å². The molecule has 0 bridgehead atoms. The molecule has 3 rings (SSSR count). The second-order valence-electron chi connectivity index (χ2n) is 5.25. The standard InChI is InChI=1S/C18H21N3/c1-2-19-14-15-6-7-18-16(13-15)8-11-21(18)12-9-17-5-3-4-10-20-17/h3-8,10-11,13,19H,2,9,12,14H2,1H3. The number of pyridine rings is 1. The van der Waals surface area contributed by atoms with Gasteiger partial charge in [0, 0.05) is 43.1 Å². The van der Waals surface area contributed by atoms with Crippen molar-refractivity contribution in [1.82, 2.24) is 14.9 Å². The zero-order valence-electron chi connectivity index (χ0n) is 12.4. The first-order valence-electron chi connectivity index (χ1n) is 7.55. The molecule has 0 aliphatic rings. The van der Waals surface area contributed by atoms with E-state index in [0.717, 1.165) is 31.7 Å². The van der Waals surface area contributed by atoms with E-state index in [-0.39, 0.29) is 0 Å². The molecule has 3 aromatic rings. The number of nitrogens with one attached hydrogen (secondary N) is 1. The van der Waals surface area contributed by atoms with Gasteiger partial charge in [0.2, 0.25) is 0 Å². The van der Waals surface area contributed by atoms with Crippen molar-refractivity contribution < 1.29 is 0 Å². The lowest BCUT2D eigenvalue weighted by Crippen LogP contribution is -2.11. The number of hydrogen-bond donors (Lipinski definition) is 1. The van der Waals surface area contributed by atoms with Gasteiger partial charge in [-0.1, -0.05) is 19.1 Å². The number of aromatic nitrogens is 2. The fourth-order valence-corrected chi connectivity index (χ4v) is 2.60. The minimum absolute atomic E-state index is 0.936. The van der Waals surface area contributed by atoms with Gasteiger partial charge in [-0.2, -0.15) is 0 Å². The third-order valence-corrected chi connectivity index (χ3v) is 3.75. The first kappa shape index (κ1) is 13.8. The second-order valence-corrected chi connectivity index (χ2v) is 5.25. The molecule has 0 saturated carbocycles. The number of nitrogens with zero attached hydrogens (tertiary/aromatic N) is 2. The van der Waals surface area contributed by atoms with Gasteiger partial charge < -0.3 is 9.88 Å². The molecule has 0 atom stereocenters. The Morgan fingerprint density at radius 1 is 1.14 bits per heavy atom. The van der Waals surface area contributed by atoms with Gasteiger partial charge >= 0.3 is 0 Å². The lowest BCUT2D eigenvalue weighted by Gasteiger charge is -2.07. The lowest BCUT2D eigenvalue weighted by molar-refractivity contribution is 0.709. The summed E-state index contributed by atoms with van der Waals surface area (Å²) < 4.78 is 2.31. The van der Waals surface area contributed by atoms with E-state index >= 15 is 0 Å². The normalized spacial score (nSPS) is 11.1. The van der Waals surface area contributed by atoms with Crippen LogP contribution in [0.1, 0.15) is 18.2 Å². The minimum Gasteiger partial charge on any atom is -0.347 e. The van der Waals surface area contributed by atoms with Crippen molar-refractivity contribution in [2.24, 2.45) is 0 Å². The average molecular weight is 279 g/mol. The Hall–Kier alpha value is -2.13. The maximum Gasteiger partial charge on any atom is 0.0480 e. The molecule has 0 spiro atoms. The average Bonchev–Trinajstić information content (AvgIpc) is 2.94. The van der Waals surface area contributed by atoms with E-state index in [2.05, 4.69) is 58.3 Å². The quantitative estimate of drug-likeness (QED) is 0.749. The van der Waals surface area contributed by atoms with Crippen LogP contribution in [0, 0.1) is 0 Å². The van der Waals surface area contributed by atoms with Gasteiger partial charge in [-0.05, 0) is 47.8 Å². The minimum atomic E-state index is 0.936. The number of aryl methyl sites for hydroxylation is 2. The summed E-state index contributed by atoms with van der Waals surface area (Å²) in [7, 11) is 0. The van der Waals surface area contributed by atoms with Crippen molar-refractivity contribution in [3.05, 3.63) is 66.1 Å². The molecule has 2 aromatic heterocycles. The molecule has 3 nitrogen and oxygen atoms in total. The van der Waals surface area contributed by atoms with Crippen LogP contribution in [0.2, 0.25) is 0 Å². The van der Waals surface area contributed by atoms with Gasteiger partial charge in [-0.3, -0.25) is 4.98 Å². The fraction of sp³-hybridized carbons (Fsp3) is 0.278. The molecule has 0 aliphatic carbocycles. The Bertz CT molecular complexity index is 701. The predicted octanol–water partition coefficient (Wildman–Crippen LogP) is 3.39. The van der Waals surface area contributed by atoms with Crippen molar-refractivity contribution in [3.8, 4) is 0 Å². The Kier molecular flexibility index (Phi) is 4.31. The monoisotopic (exact) mass is 279 g/mol. The van der Waals surface area contributed by atoms with E-state index in [1.165, 1.54) is 16.5 Å². The number of fused-ring (bicyclic) bond motifs is 1. The lowest BCUT2D eigenvalue weighted by atomic mass is 10.1. The molecule has 1 aromatic carbocycles. The van der Waals surface area contributed by atoms with Crippen molar-refractivity contribution in [1.29, 1.82) is 0 Å². The van der Waals surface area contributed by atoms with Crippen LogP contribution in [0.5, 0.6) is 0 Å². The first-order chi connectivity index (χ1) is 10.4. The Morgan fingerprint density at radius 2 is 2.10 bits per heavy atom. The summed E-state index contributed by atoms with van der Waals surface area (Å²) in [5.41, 5.74) is 3.78. The van der Waals surface area contributed by atoms with Crippen LogP contribution < -0.4 is 5.32 Å². The summed E-state index contributed by atoms with van der Waals surface area (Å²) in [4.78, 5) is 4.38. The topological polar surface area (TPSA) is 29.9 Å². The summed E-state index contributed by atoms with van der Waals surface area (Å²) in [5.74, 6) is 0. The van der Waals surface area contributed by atoms with Gasteiger partial charge in [-0.15, -0.1) is 0 Å². The van der Waals surface area contributed by atoms with Gasteiger partial charge in [-0.25, -0.2) is 0 Å². The Labute approximate surface area is 125 Å². The van der Waals surface area contributed by atoms with Crippen LogP contribution in [0.4, 0.5) is 0 Å². The van der Waals surface area contributed by atoms with E-state index in [1.54, 1.807) is 0 Å². The highest BCUT2D eigenvalue weighted by Gasteiger charge is 2.03. The SMILES string of the molecule is CCNCc1ccc2c(ccn2CCc2ccccn2)c1. The van der Waals surface area contributed by atoms with Crippen LogP contribution in [0.25, 0.3) is 10.9 Å². The van der Waals surface area contributed by atoms with Gasteiger partial charge in [0.15, 0.2) is 0 Å². The summed E-state index contributed by atoms with van der Waals surface area (Å²) in [6.07, 6.45) is 4.99. The molecule has 2 heterocycles. The maximum absolute atomic E-state index is 4.38. The third kappa shape index (κ3) is 3.31. The zero-order chi connectivity index (χ0) is 14.5. The molecule has 108 valence electrons. The second kappa shape index (κ2) is 6.55. The highest BCUT2D eigenvalue weighted by Crippen LogP contribution is 2.18. The van der Waals surface area contributed by atoms with E-state index in [4.69, 9.17) is 0 Å². The highest BCUT2D eigenvalue weighted by atomic mass is 15.0. The molecule has 0 radical (unpaired) electrons. The van der Waals surface area contributed by atoms with Crippen LogP contribution in [0.3, 0.4) is 0 Å².